The molecule has 0 amide bonds. The van der Waals surface area contributed by atoms with Crippen molar-refractivity contribution in [3.8, 4) is 34.5 Å². The molecule has 0 aliphatic heterocycles. The Morgan fingerprint density at radius 2 is 0.895 bits per heavy atom. The summed E-state index contributed by atoms with van der Waals surface area (Å²) in [5, 5.41) is 60.9. The van der Waals surface area contributed by atoms with Gasteiger partial charge in [-0.2, -0.15) is 0 Å². The average molecular weight is 515 g/mol. The lowest BCUT2D eigenvalue weighted by Gasteiger charge is -2.18. The van der Waals surface area contributed by atoms with Gasteiger partial charge in [0.2, 0.25) is 0 Å². The van der Waals surface area contributed by atoms with Gasteiger partial charge in [-0.1, -0.05) is 24.3 Å². The van der Waals surface area contributed by atoms with Crippen molar-refractivity contribution in [2.45, 2.75) is 6.54 Å². The molecule has 0 bridgehead atoms. The number of para-hydroxylation sites is 3. The summed E-state index contributed by atoms with van der Waals surface area (Å²) < 4.78 is 0. The van der Waals surface area contributed by atoms with Crippen molar-refractivity contribution in [2.24, 2.45) is 5.73 Å². The zero-order valence-corrected chi connectivity index (χ0v) is 19.5. The molecule has 0 unspecified atom stereocenters. The van der Waals surface area contributed by atoms with Gasteiger partial charge in [-0.25, -0.2) is 0 Å². The second kappa shape index (κ2) is 9.96. The van der Waals surface area contributed by atoms with E-state index in [4.69, 9.17) is 5.73 Å². The van der Waals surface area contributed by atoms with E-state index >= 15 is 0 Å². The topological polar surface area (TPSA) is 199 Å². The van der Waals surface area contributed by atoms with E-state index in [1.807, 2.05) is 0 Å². The van der Waals surface area contributed by atoms with Crippen LogP contribution in [0.4, 0.5) is 0 Å². The molecule has 0 spiro atoms. The first-order chi connectivity index (χ1) is 18.1. The highest BCUT2D eigenvalue weighted by molar-refractivity contribution is 6.27. The van der Waals surface area contributed by atoms with Gasteiger partial charge in [0.05, 0.1) is 16.7 Å². The van der Waals surface area contributed by atoms with Gasteiger partial charge in [-0.3, -0.25) is 14.4 Å². The predicted molar refractivity (Wildman–Crippen MR) is 134 cm³/mol. The van der Waals surface area contributed by atoms with Gasteiger partial charge in [-0.15, -0.1) is 0 Å². The fourth-order valence-corrected chi connectivity index (χ4v) is 4.06. The van der Waals surface area contributed by atoms with Crippen molar-refractivity contribution >= 4 is 17.3 Å². The van der Waals surface area contributed by atoms with E-state index < -0.39 is 85.2 Å². The van der Waals surface area contributed by atoms with Gasteiger partial charge < -0.3 is 36.4 Å². The van der Waals surface area contributed by atoms with Crippen LogP contribution in [-0.4, -0.2) is 48.0 Å². The normalized spacial score (nSPS) is 10.8. The maximum atomic E-state index is 13.9. The number of hydrogen-bond donors (Lipinski definition) is 7. The third-order valence-electron chi connectivity index (χ3n) is 5.99. The van der Waals surface area contributed by atoms with Crippen molar-refractivity contribution in [3.63, 3.8) is 0 Å². The van der Waals surface area contributed by atoms with Gasteiger partial charge in [0.25, 0.3) is 0 Å². The molecule has 192 valence electrons. The minimum atomic E-state index is -1.06. The fourth-order valence-electron chi connectivity index (χ4n) is 4.06. The quantitative estimate of drug-likeness (QED) is 0.142. The van der Waals surface area contributed by atoms with Crippen LogP contribution >= 0.6 is 0 Å². The second-order valence-electron chi connectivity index (χ2n) is 8.23. The van der Waals surface area contributed by atoms with Gasteiger partial charge in [0, 0.05) is 23.2 Å². The summed E-state index contributed by atoms with van der Waals surface area (Å²) in [5.41, 5.74) is 3.32. The van der Waals surface area contributed by atoms with Gasteiger partial charge in [-0.05, 0) is 48.0 Å². The number of phenolic OH excluding ortho intramolecular Hbond substituents is 6. The predicted octanol–water partition coefficient (Wildman–Crippen LogP) is 3.07. The molecule has 4 aromatic carbocycles. The number of phenols is 6. The van der Waals surface area contributed by atoms with Crippen LogP contribution in [0.15, 0.2) is 66.7 Å². The van der Waals surface area contributed by atoms with Crippen molar-refractivity contribution in [1.82, 2.24) is 0 Å². The first-order valence-corrected chi connectivity index (χ1v) is 11.1. The van der Waals surface area contributed by atoms with Crippen molar-refractivity contribution in [3.05, 3.63) is 106 Å². The molecule has 4 rings (SSSR count). The van der Waals surface area contributed by atoms with Crippen molar-refractivity contribution in [2.75, 3.05) is 0 Å². The number of ketones is 3. The van der Waals surface area contributed by atoms with Crippen LogP contribution in [0.3, 0.4) is 0 Å². The Morgan fingerprint density at radius 3 is 1.32 bits per heavy atom. The maximum Gasteiger partial charge on any atom is 0.198 e. The summed E-state index contributed by atoms with van der Waals surface area (Å²) in [6, 6.07) is 13.3. The molecular weight excluding hydrogens is 494 g/mol. The maximum absolute atomic E-state index is 13.9. The second-order valence-corrected chi connectivity index (χ2v) is 8.23. The number of nitrogens with two attached hydrogens (primary N) is 1. The van der Waals surface area contributed by atoms with E-state index in [9.17, 15) is 45.0 Å². The van der Waals surface area contributed by atoms with E-state index in [2.05, 4.69) is 0 Å². The van der Waals surface area contributed by atoms with E-state index in [1.54, 1.807) is 0 Å². The molecule has 8 N–H and O–H groups in total. The van der Waals surface area contributed by atoms with Crippen LogP contribution in [0.25, 0.3) is 0 Å². The minimum absolute atomic E-state index is 0.0809. The van der Waals surface area contributed by atoms with Crippen LogP contribution in [0.5, 0.6) is 34.5 Å². The monoisotopic (exact) mass is 515 g/mol. The molecule has 4 aromatic rings. The van der Waals surface area contributed by atoms with Gasteiger partial charge in [0.15, 0.2) is 51.8 Å². The zero-order chi connectivity index (χ0) is 27.7. The Morgan fingerprint density at radius 1 is 0.500 bits per heavy atom. The van der Waals surface area contributed by atoms with E-state index in [-0.39, 0.29) is 12.1 Å². The Hall–Kier alpha value is -5.35. The van der Waals surface area contributed by atoms with E-state index in [0.29, 0.717) is 0 Å². The molecular formula is C28H21NO9. The summed E-state index contributed by atoms with van der Waals surface area (Å²) in [4.78, 5) is 41.2. The summed E-state index contributed by atoms with van der Waals surface area (Å²) in [6.45, 7) is -0.293. The Bertz CT molecular complexity index is 1630. The summed E-state index contributed by atoms with van der Waals surface area (Å²) in [5.74, 6) is -7.19. The Balaban J connectivity index is 2.09. The molecule has 0 saturated heterocycles. The summed E-state index contributed by atoms with van der Waals surface area (Å²) >= 11 is 0. The number of benzene rings is 4. The summed E-state index contributed by atoms with van der Waals surface area (Å²) in [7, 11) is 0. The van der Waals surface area contributed by atoms with Crippen LogP contribution in [0.2, 0.25) is 0 Å². The highest BCUT2D eigenvalue weighted by Gasteiger charge is 2.32. The van der Waals surface area contributed by atoms with Crippen LogP contribution in [0, 0.1) is 0 Å². The SMILES string of the molecule is NCc1ccc(C(=O)c2cccc(O)c2O)c(C(=O)c2cccc(O)c2O)c1C(=O)c1cccc(O)c1O. The number of carbonyl (C=O) groups excluding carboxylic acids is 3. The van der Waals surface area contributed by atoms with Gasteiger partial charge >= 0.3 is 0 Å². The largest absolute Gasteiger partial charge is 0.504 e. The molecule has 0 aliphatic rings. The third-order valence-corrected chi connectivity index (χ3v) is 5.99. The van der Waals surface area contributed by atoms with Crippen molar-refractivity contribution < 1.29 is 45.0 Å². The average Bonchev–Trinajstić information content (AvgIpc) is 2.91. The Labute approximate surface area is 215 Å². The first-order valence-electron chi connectivity index (χ1n) is 11.1. The lowest BCUT2D eigenvalue weighted by Crippen LogP contribution is -2.21. The molecule has 0 radical (unpaired) electrons. The molecule has 0 saturated carbocycles. The fraction of sp³-hybridized carbons (Fsp3) is 0.0357. The molecule has 38 heavy (non-hydrogen) atoms. The van der Waals surface area contributed by atoms with Crippen LogP contribution in [0.1, 0.15) is 53.3 Å². The number of carbonyl (C=O) groups is 3. The van der Waals surface area contributed by atoms with Crippen LogP contribution in [-0.2, 0) is 6.54 Å². The molecule has 10 nitrogen and oxygen atoms in total. The third kappa shape index (κ3) is 4.25. The standard InChI is InChI=1S/C28H21NO9/c29-12-13-10-11-14(23(33)15-4-1-7-18(30)24(15)34)22(28(38)17-6-3-9-20(32)26(17)36)21(13)27(37)16-5-2-8-19(31)25(16)35/h1-11,30-32,34-36H,12,29H2. The lowest BCUT2D eigenvalue weighted by atomic mass is 9.83. The zero-order valence-electron chi connectivity index (χ0n) is 19.5. The molecule has 10 heteroatoms. The molecule has 0 fully saturated rings. The number of rotatable bonds is 7. The van der Waals surface area contributed by atoms with E-state index in [1.165, 1.54) is 42.5 Å². The van der Waals surface area contributed by atoms with Crippen molar-refractivity contribution in [1.29, 1.82) is 0 Å². The van der Waals surface area contributed by atoms with Crippen LogP contribution < -0.4 is 5.73 Å². The Kier molecular flexibility index (Phi) is 6.74. The van der Waals surface area contributed by atoms with Gasteiger partial charge in [0.1, 0.15) is 0 Å². The first kappa shape index (κ1) is 25.7. The number of aromatic hydroxyl groups is 6. The molecule has 0 atom stereocenters. The molecule has 0 heterocycles. The lowest BCUT2D eigenvalue weighted by molar-refractivity contribution is 0.0987. The highest BCUT2D eigenvalue weighted by atomic mass is 16.3. The minimum Gasteiger partial charge on any atom is -0.504 e. The highest BCUT2D eigenvalue weighted by Crippen LogP contribution is 2.37. The molecule has 0 aromatic heterocycles. The smallest absolute Gasteiger partial charge is 0.198 e. The number of hydrogen-bond acceptors (Lipinski definition) is 10. The van der Waals surface area contributed by atoms with E-state index in [0.717, 1.165) is 24.3 Å². The summed E-state index contributed by atoms with van der Waals surface area (Å²) in [6.07, 6.45) is 0. The molecule has 0 aliphatic carbocycles.